The van der Waals surface area contributed by atoms with Gasteiger partial charge in [0, 0.05) is 15.6 Å². The van der Waals surface area contributed by atoms with Crippen molar-refractivity contribution in [3.8, 4) is 5.75 Å². The van der Waals surface area contributed by atoms with E-state index in [9.17, 15) is 9.59 Å². The van der Waals surface area contributed by atoms with Gasteiger partial charge in [0.1, 0.15) is 5.75 Å². The summed E-state index contributed by atoms with van der Waals surface area (Å²) in [5, 5.41) is 4.20. The molecule has 1 heterocycles. The molecule has 0 atom stereocenters. The fourth-order valence-electron chi connectivity index (χ4n) is 2.17. The van der Waals surface area contributed by atoms with Crippen molar-refractivity contribution >= 4 is 63.7 Å². The van der Waals surface area contributed by atoms with Gasteiger partial charge in [-0.3, -0.25) is 9.59 Å². The maximum Gasteiger partial charge on any atom is 0.264 e. The molecule has 0 aromatic heterocycles. The number of hydrogen-bond donors (Lipinski definition) is 2. The molecular formula is C18H13Cl2N3O3S. The lowest BCUT2D eigenvalue weighted by Crippen LogP contribution is -2.20. The number of carbonyl (C=O) groups is 2. The Morgan fingerprint density at radius 3 is 2.59 bits per heavy atom. The minimum Gasteiger partial charge on any atom is -0.483 e. The zero-order valence-corrected chi connectivity index (χ0v) is 16.1. The number of amidine groups is 1. The molecular weight excluding hydrogens is 409 g/mol. The van der Waals surface area contributed by atoms with Gasteiger partial charge in [0.2, 0.25) is 0 Å². The lowest BCUT2D eigenvalue weighted by atomic mass is 10.2. The first kappa shape index (κ1) is 19.3. The molecule has 2 aromatic rings. The number of aliphatic imine (C=N–C) groups is 1. The second-order valence-corrected chi connectivity index (χ2v) is 7.30. The summed E-state index contributed by atoms with van der Waals surface area (Å²) in [6, 6.07) is 11.8. The average molecular weight is 422 g/mol. The van der Waals surface area contributed by atoms with Crippen LogP contribution >= 0.6 is 35.0 Å². The van der Waals surface area contributed by atoms with Crippen LogP contribution in [-0.2, 0) is 9.59 Å². The summed E-state index contributed by atoms with van der Waals surface area (Å²) < 4.78 is 5.37. The van der Waals surface area contributed by atoms with Gasteiger partial charge in [0.25, 0.3) is 11.8 Å². The summed E-state index contributed by atoms with van der Waals surface area (Å²) in [5.41, 5.74) is 6.32. The Hall–Kier alpha value is -2.48. The molecule has 27 heavy (non-hydrogen) atoms. The van der Waals surface area contributed by atoms with Crippen LogP contribution < -0.4 is 15.8 Å². The lowest BCUT2D eigenvalue weighted by molar-refractivity contribution is -0.120. The third-order valence-electron chi connectivity index (χ3n) is 3.34. The van der Waals surface area contributed by atoms with Gasteiger partial charge in [-0.05, 0) is 60.3 Å². The highest BCUT2D eigenvalue weighted by molar-refractivity contribution is 8.18. The van der Waals surface area contributed by atoms with E-state index in [1.54, 1.807) is 48.5 Å². The number of nitrogens with two attached hydrogens (primary N) is 1. The first-order valence-corrected chi connectivity index (χ1v) is 9.24. The van der Waals surface area contributed by atoms with Crippen molar-refractivity contribution in [2.75, 3.05) is 6.61 Å². The summed E-state index contributed by atoms with van der Waals surface area (Å²) in [7, 11) is 0. The van der Waals surface area contributed by atoms with Gasteiger partial charge in [-0.2, -0.15) is 0 Å². The highest BCUT2D eigenvalue weighted by atomic mass is 35.5. The monoisotopic (exact) mass is 421 g/mol. The summed E-state index contributed by atoms with van der Waals surface area (Å²) in [5.74, 6) is -0.510. The number of thioether (sulfide) groups is 1. The summed E-state index contributed by atoms with van der Waals surface area (Å²) in [6.45, 7) is -0.277. The summed E-state index contributed by atoms with van der Waals surface area (Å²) in [6.07, 6.45) is 1.62. The highest BCUT2D eigenvalue weighted by Crippen LogP contribution is 2.32. The van der Waals surface area contributed by atoms with E-state index in [4.69, 9.17) is 33.7 Å². The molecule has 0 radical (unpaired) electrons. The molecule has 0 unspecified atom stereocenters. The SMILES string of the molecule is NC(=O)COc1ccc(Cl)cc1/C=C1\SC(=Nc2ccc(Cl)cc2)NC1=O. The molecule has 2 aromatic carbocycles. The largest absolute Gasteiger partial charge is 0.483 e. The Kier molecular flexibility index (Phi) is 6.05. The van der Waals surface area contributed by atoms with Gasteiger partial charge in [-0.15, -0.1) is 0 Å². The van der Waals surface area contributed by atoms with E-state index < -0.39 is 5.91 Å². The van der Waals surface area contributed by atoms with E-state index in [0.29, 0.717) is 37.1 Å². The predicted octanol–water partition coefficient (Wildman–Crippen LogP) is 3.75. The number of halogens is 2. The molecule has 1 saturated heterocycles. The van der Waals surface area contributed by atoms with Crippen molar-refractivity contribution < 1.29 is 14.3 Å². The number of nitrogens with one attached hydrogen (secondary N) is 1. The number of ether oxygens (including phenoxy) is 1. The van der Waals surface area contributed by atoms with E-state index in [0.717, 1.165) is 0 Å². The van der Waals surface area contributed by atoms with Crippen LogP contribution in [-0.4, -0.2) is 23.6 Å². The van der Waals surface area contributed by atoms with E-state index in [-0.39, 0.29) is 12.5 Å². The fourth-order valence-corrected chi connectivity index (χ4v) is 3.31. The van der Waals surface area contributed by atoms with E-state index in [1.807, 2.05) is 0 Å². The maximum absolute atomic E-state index is 12.2. The van der Waals surface area contributed by atoms with Crippen LogP contribution in [0.1, 0.15) is 5.56 Å². The van der Waals surface area contributed by atoms with Crippen LogP contribution in [0.15, 0.2) is 52.4 Å². The van der Waals surface area contributed by atoms with Gasteiger partial charge in [-0.1, -0.05) is 23.2 Å². The van der Waals surface area contributed by atoms with Crippen LogP contribution in [0.2, 0.25) is 10.0 Å². The average Bonchev–Trinajstić information content (AvgIpc) is 2.95. The maximum atomic E-state index is 12.2. The first-order chi connectivity index (χ1) is 12.9. The Morgan fingerprint density at radius 1 is 1.19 bits per heavy atom. The fraction of sp³-hybridized carbons (Fsp3) is 0.0556. The van der Waals surface area contributed by atoms with Crippen molar-refractivity contribution in [1.29, 1.82) is 0 Å². The Morgan fingerprint density at radius 2 is 1.89 bits per heavy atom. The van der Waals surface area contributed by atoms with Gasteiger partial charge >= 0.3 is 0 Å². The minimum absolute atomic E-state index is 0.277. The smallest absolute Gasteiger partial charge is 0.264 e. The van der Waals surface area contributed by atoms with E-state index >= 15 is 0 Å². The molecule has 0 bridgehead atoms. The van der Waals surface area contributed by atoms with Crippen molar-refractivity contribution in [2.45, 2.75) is 0 Å². The van der Waals surface area contributed by atoms with Crippen LogP contribution in [0.3, 0.4) is 0 Å². The third-order valence-corrected chi connectivity index (χ3v) is 4.73. The molecule has 9 heteroatoms. The molecule has 0 aliphatic carbocycles. The van der Waals surface area contributed by atoms with Crippen LogP contribution in [0.4, 0.5) is 5.69 Å². The number of hydrogen-bond acceptors (Lipinski definition) is 5. The van der Waals surface area contributed by atoms with Crippen LogP contribution in [0.25, 0.3) is 6.08 Å². The zero-order valence-electron chi connectivity index (χ0n) is 13.7. The molecule has 6 nitrogen and oxygen atoms in total. The molecule has 0 saturated carbocycles. The predicted molar refractivity (Wildman–Crippen MR) is 108 cm³/mol. The van der Waals surface area contributed by atoms with Gasteiger partial charge < -0.3 is 15.8 Å². The number of primary amides is 1. The first-order valence-electron chi connectivity index (χ1n) is 7.66. The third kappa shape index (κ3) is 5.26. The normalized spacial score (nSPS) is 16.6. The second-order valence-electron chi connectivity index (χ2n) is 5.40. The molecule has 3 rings (SSSR count). The zero-order chi connectivity index (χ0) is 19.4. The van der Waals surface area contributed by atoms with Crippen LogP contribution in [0, 0.1) is 0 Å². The van der Waals surface area contributed by atoms with E-state index in [1.165, 1.54) is 11.8 Å². The van der Waals surface area contributed by atoms with Crippen molar-refractivity contribution in [2.24, 2.45) is 10.7 Å². The number of nitrogens with zero attached hydrogens (tertiary/aromatic N) is 1. The number of amides is 2. The second kappa shape index (κ2) is 8.47. The van der Waals surface area contributed by atoms with E-state index in [2.05, 4.69) is 10.3 Å². The topological polar surface area (TPSA) is 93.8 Å². The van der Waals surface area contributed by atoms with Crippen molar-refractivity contribution in [1.82, 2.24) is 5.32 Å². The van der Waals surface area contributed by atoms with Crippen LogP contribution in [0.5, 0.6) is 5.75 Å². The number of rotatable bonds is 5. The van der Waals surface area contributed by atoms with Crippen molar-refractivity contribution in [3.05, 3.63) is 63.0 Å². The lowest BCUT2D eigenvalue weighted by Gasteiger charge is -2.08. The Labute approximate surface area is 169 Å². The molecule has 0 spiro atoms. The molecule has 1 fully saturated rings. The quantitative estimate of drug-likeness (QED) is 0.718. The van der Waals surface area contributed by atoms with Gasteiger partial charge in [0.05, 0.1) is 10.6 Å². The molecule has 1 aliphatic rings. The molecule has 138 valence electrons. The minimum atomic E-state index is -0.603. The van der Waals surface area contributed by atoms with Gasteiger partial charge in [0.15, 0.2) is 11.8 Å². The van der Waals surface area contributed by atoms with Gasteiger partial charge in [-0.25, -0.2) is 4.99 Å². The highest BCUT2D eigenvalue weighted by Gasteiger charge is 2.24. The molecule has 3 N–H and O–H groups in total. The Balaban J connectivity index is 1.85. The number of carbonyl (C=O) groups excluding carboxylic acids is 2. The standard InChI is InChI=1S/C18H13Cl2N3O3S/c19-11-1-4-13(5-2-11)22-18-23-17(25)15(27-18)8-10-7-12(20)3-6-14(10)26-9-16(21)24/h1-8H,9H2,(H2,21,24)(H,22,23,25)/b15-8-. The number of benzene rings is 2. The van der Waals surface area contributed by atoms with Crippen molar-refractivity contribution in [3.63, 3.8) is 0 Å². The summed E-state index contributed by atoms with van der Waals surface area (Å²) in [4.78, 5) is 28.0. The molecule has 2 amide bonds. The Bertz CT molecular complexity index is 959. The molecule has 1 aliphatic heterocycles. The summed E-state index contributed by atoms with van der Waals surface area (Å²) >= 11 is 13.1.